The second kappa shape index (κ2) is 7.18. The van der Waals surface area contributed by atoms with Crippen LogP contribution in [0.3, 0.4) is 0 Å². The minimum absolute atomic E-state index is 0.0455. The molecule has 0 aromatic carbocycles. The van der Waals surface area contributed by atoms with Gasteiger partial charge in [-0.05, 0) is 33.3 Å². The standard InChI is InChI=1S/C17H23N5O3/c1-5-24-16(23)14-7-18-17(22-8-11(2)6-19-22)20-15(14)21-9-12(3)25-13(4)10-21/h6-8,12-13H,5,9-10H2,1-4H3/t12-,13+. The molecule has 0 saturated carbocycles. The Labute approximate surface area is 146 Å². The molecule has 0 radical (unpaired) electrons. The summed E-state index contributed by atoms with van der Waals surface area (Å²) in [5.74, 6) is 0.550. The smallest absolute Gasteiger partial charge is 0.343 e. The Morgan fingerprint density at radius 2 is 2.04 bits per heavy atom. The number of hydrogen-bond donors (Lipinski definition) is 0. The maximum atomic E-state index is 12.3. The number of nitrogens with zero attached hydrogens (tertiary/aromatic N) is 5. The van der Waals surface area contributed by atoms with Gasteiger partial charge in [0.1, 0.15) is 11.4 Å². The van der Waals surface area contributed by atoms with Gasteiger partial charge in [0.15, 0.2) is 0 Å². The fourth-order valence-electron chi connectivity index (χ4n) is 2.94. The van der Waals surface area contributed by atoms with E-state index in [4.69, 9.17) is 9.47 Å². The van der Waals surface area contributed by atoms with Crippen molar-refractivity contribution in [2.75, 3.05) is 24.6 Å². The Bertz CT molecular complexity index is 750. The molecule has 0 spiro atoms. The van der Waals surface area contributed by atoms with Crippen LogP contribution in [0.2, 0.25) is 0 Å². The molecule has 0 bridgehead atoms. The summed E-state index contributed by atoms with van der Waals surface area (Å²) in [5, 5.41) is 4.25. The lowest BCUT2D eigenvalue weighted by Gasteiger charge is -2.36. The Hall–Kier alpha value is -2.48. The third kappa shape index (κ3) is 3.79. The molecule has 25 heavy (non-hydrogen) atoms. The van der Waals surface area contributed by atoms with Gasteiger partial charge >= 0.3 is 5.97 Å². The summed E-state index contributed by atoms with van der Waals surface area (Å²) in [7, 11) is 0. The Balaban J connectivity index is 2.02. The van der Waals surface area contributed by atoms with Gasteiger partial charge in [-0.1, -0.05) is 0 Å². The fourth-order valence-corrected chi connectivity index (χ4v) is 2.94. The van der Waals surface area contributed by atoms with Crippen LogP contribution in [0.15, 0.2) is 18.6 Å². The predicted molar refractivity (Wildman–Crippen MR) is 92.1 cm³/mol. The quantitative estimate of drug-likeness (QED) is 0.781. The molecule has 2 atom stereocenters. The molecule has 3 rings (SSSR count). The Morgan fingerprint density at radius 1 is 1.32 bits per heavy atom. The van der Waals surface area contributed by atoms with E-state index in [0.717, 1.165) is 5.56 Å². The van der Waals surface area contributed by atoms with Crippen LogP contribution in [0.25, 0.3) is 5.95 Å². The largest absolute Gasteiger partial charge is 0.462 e. The van der Waals surface area contributed by atoms with Gasteiger partial charge in [0.2, 0.25) is 0 Å². The van der Waals surface area contributed by atoms with Crippen molar-refractivity contribution >= 4 is 11.8 Å². The summed E-state index contributed by atoms with van der Waals surface area (Å²) in [4.78, 5) is 23.3. The van der Waals surface area contributed by atoms with E-state index in [-0.39, 0.29) is 12.2 Å². The average molecular weight is 345 g/mol. The summed E-state index contributed by atoms with van der Waals surface area (Å²) in [6, 6.07) is 0. The lowest BCUT2D eigenvalue weighted by Crippen LogP contribution is -2.46. The van der Waals surface area contributed by atoms with Gasteiger partial charge in [-0.25, -0.2) is 14.5 Å². The molecule has 0 aliphatic carbocycles. The third-order valence-corrected chi connectivity index (χ3v) is 3.89. The molecule has 1 aliphatic rings. The molecule has 0 unspecified atom stereocenters. The molecule has 1 saturated heterocycles. The molecule has 2 aromatic heterocycles. The lowest BCUT2D eigenvalue weighted by atomic mass is 10.2. The maximum Gasteiger partial charge on any atom is 0.343 e. The number of hydrogen-bond acceptors (Lipinski definition) is 7. The van der Waals surface area contributed by atoms with Crippen molar-refractivity contribution < 1.29 is 14.3 Å². The molecule has 134 valence electrons. The normalized spacial score (nSPS) is 20.6. The van der Waals surface area contributed by atoms with Crippen molar-refractivity contribution in [2.45, 2.75) is 39.9 Å². The summed E-state index contributed by atoms with van der Waals surface area (Å²) < 4.78 is 12.5. The van der Waals surface area contributed by atoms with Crippen LogP contribution in [0.1, 0.15) is 36.7 Å². The number of carbonyl (C=O) groups excluding carboxylic acids is 1. The Morgan fingerprint density at radius 3 is 2.64 bits per heavy atom. The van der Waals surface area contributed by atoms with Gasteiger partial charge in [0, 0.05) is 25.5 Å². The summed E-state index contributed by atoms with van der Waals surface area (Å²) >= 11 is 0. The molecular weight excluding hydrogens is 322 g/mol. The monoisotopic (exact) mass is 345 g/mol. The van der Waals surface area contributed by atoms with E-state index in [1.807, 2.05) is 31.9 Å². The molecule has 1 fully saturated rings. The van der Waals surface area contributed by atoms with Gasteiger partial charge in [0.05, 0.1) is 25.0 Å². The van der Waals surface area contributed by atoms with E-state index in [9.17, 15) is 4.79 Å². The van der Waals surface area contributed by atoms with Crippen LogP contribution in [0, 0.1) is 6.92 Å². The number of esters is 1. The van der Waals surface area contributed by atoms with E-state index in [2.05, 4.69) is 15.1 Å². The van der Waals surface area contributed by atoms with Crippen LogP contribution in [-0.2, 0) is 9.47 Å². The Kier molecular flexibility index (Phi) is 4.98. The first kappa shape index (κ1) is 17.3. The van der Waals surface area contributed by atoms with Crippen LogP contribution in [0.5, 0.6) is 0 Å². The number of morpholine rings is 1. The van der Waals surface area contributed by atoms with Crippen molar-refractivity contribution in [3.8, 4) is 5.95 Å². The van der Waals surface area contributed by atoms with Gasteiger partial charge in [-0.15, -0.1) is 0 Å². The number of aromatic nitrogens is 4. The van der Waals surface area contributed by atoms with Crippen molar-refractivity contribution in [1.82, 2.24) is 19.7 Å². The molecule has 8 heteroatoms. The first-order chi connectivity index (χ1) is 12.0. The molecule has 0 N–H and O–H groups in total. The van der Waals surface area contributed by atoms with Crippen LogP contribution in [0.4, 0.5) is 5.82 Å². The minimum atomic E-state index is -0.424. The van der Waals surface area contributed by atoms with Gasteiger partial charge in [0.25, 0.3) is 5.95 Å². The zero-order valence-corrected chi connectivity index (χ0v) is 15.0. The van der Waals surface area contributed by atoms with Crippen molar-refractivity contribution in [3.05, 3.63) is 29.7 Å². The fraction of sp³-hybridized carbons (Fsp3) is 0.529. The van der Waals surface area contributed by atoms with Gasteiger partial charge in [-0.2, -0.15) is 10.1 Å². The van der Waals surface area contributed by atoms with E-state index >= 15 is 0 Å². The molecule has 2 aromatic rings. The van der Waals surface area contributed by atoms with E-state index < -0.39 is 5.97 Å². The highest BCUT2D eigenvalue weighted by molar-refractivity contribution is 5.94. The summed E-state index contributed by atoms with van der Waals surface area (Å²) in [5.41, 5.74) is 1.36. The van der Waals surface area contributed by atoms with E-state index in [1.165, 1.54) is 6.20 Å². The van der Waals surface area contributed by atoms with Crippen molar-refractivity contribution in [3.63, 3.8) is 0 Å². The van der Waals surface area contributed by atoms with Gasteiger partial charge < -0.3 is 14.4 Å². The average Bonchev–Trinajstić information content (AvgIpc) is 3.00. The summed E-state index contributed by atoms with van der Waals surface area (Å²) in [6.07, 6.45) is 5.18. The topological polar surface area (TPSA) is 82.4 Å². The number of rotatable bonds is 4. The van der Waals surface area contributed by atoms with Crippen LogP contribution in [-0.4, -0.2) is 57.6 Å². The molecular formula is C17H23N5O3. The van der Waals surface area contributed by atoms with E-state index in [1.54, 1.807) is 17.8 Å². The zero-order valence-electron chi connectivity index (χ0n) is 15.0. The predicted octanol–water partition coefficient (Wildman–Crippen LogP) is 1.76. The summed E-state index contributed by atoms with van der Waals surface area (Å²) in [6.45, 7) is 9.32. The number of carbonyl (C=O) groups is 1. The third-order valence-electron chi connectivity index (χ3n) is 3.89. The second-order valence-corrected chi connectivity index (χ2v) is 6.25. The highest BCUT2D eigenvalue weighted by Crippen LogP contribution is 2.24. The highest BCUT2D eigenvalue weighted by Gasteiger charge is 2.28. The van der Waals surface area contributed by atoms with Crippen LogP contribution < -0.4 is 4.90 Å². The molecule has 0 amide bonds. The molecule has 3 heterocycles. The van der Waals surface area contributed by atoms with E-state index in [0.29, 0.717) is 37.0 Å². The number of ether oxygens (including phenoxy) is 2. The first-order valence-corrected chi connectivity index (χ1v) is 8.44. The maximum absolute atomic E-state index is 12.3. The van der Waals surface area contributed by atoms with Crippen molar-refractivity contribution in [1.29, 1.82) is 0 Å². The van der Waals surface area contributed by atoms with Crippen LogP contribution >= 0.6 is 0 Å². The minimum Gasteiger partial charge on any atom is -0.462 e. The molecule has 8 nitrogen and oxygen atoms in total. The van der Waals surface area contributed by atoms with Gasteiger partial charge in [-0.3, -0.25) is 0 Å². The lowest BCUT2D eigenvalue weighted by molar-refractivity contribution is -0.00561. The zero-order chi connectivity index (χ0) is 18.0. The number of aryl methyl sites for hydroxylation is 1. The van der Waals surface area contributed by atoms with Crippen molar-refractivity contribution in [2.24, 2.45) is 0 Å². The number of anilines is 1. The SMILES string of the molecule is CCOC(=O)c1cnc(-n2cc(C)cn2)nc1N1C[C@@H](C)O[C@@H](C)C1. The highest BCUT2D eigenvalue weighted by atomic mass is 16.5. The second-order valence-electron chi connectivity index (χ2n) is 6.25. The first-order valence-electron chi connectivity index (χ1n) is 8.44. The molecule has 1 aliphatic heterocycles.